The van der Waals surface area contributed by atoms with Crippen LogP contribution in [0.15, 0.2) is 21.5 Å². The number of halogens is 3. The van der Waals surface area contributed by atoms with Crippen molar-refractivity contribution in [2.75, 3.05) is 0 Å². The predicted molar refractivity (Wildman–Crippen MR) is 49.3 cm³/mol. The average Bonchev–Trinajstić information content (AvgIpc) is 2.25. The van der Waals surface area contributed by atoms with Gasteiger partial charge in [-0.1, -0.05) is 17.8 Å². The molecule has 0 aromatic rings. The molecule has 0 saturated heterocycles. The molecular weight excluding hydrogens is 211 g/mol. The summed E-state index contributed by atoms with van der Waals surface area (Å²) in [5, 5.41) is 8.61. The molecule has 0 bridgehead atoms. The topological polar surface area (TPSA) is 23.8 Å². The van der Waals surface area contributed by atoms with E-state index in [1.165, 1.54) is 0 Å². The first-order valence-electron chi connectivity index (χ1n) is 4.00. The van der Waals surface area contributed by atoms with Gasteiger partial charge in [-0.2, -0.15) is 18.4 Å². The average molecular weight is 219 g/mol. The monoisotopic (exact) mass is 219 g/mol. The van der Waals surface area contributed by atoms with E-state index in [0.29, 0.717) is 6.42 Å². The van der Waals surface area contributed by atoms with Crippen LogP contribution in [0.4, 0.5) is 13.2 Å². The lowest BCUT2D eigenvalue weighted by Crippen LogP contribution is -2.13. The van der Waals surface area contributed by atoms with Gasteiger partial charge in [0.05, 0.1) is 10.5 Å². The molecule has 1 rings (SSSR count). The minimum atomic E-state index is -4.38. The van der Waals surface area contributed by atoms with Gasteiger partial charge < -0.3 is 0 Å². The predicted octanol–water partition coefficient (Wildman–Crippen LogP) is 3.76. The molecule has 0 atom stereocenters. The molecule has 0 aromatic carbocycles. The molecule has 0 N–H and O–H groups in total. The standard InChI is InChI=1S/C9H8F3NS/c1-6-3-2-4-7(9(10,11)12)8(5-13)14-6/h3H,2,4H2,1H3. The SMILES string of the molecule is CC1=CCCC(C(F)(F)F)=C(C#N)S1. The van der Waals surface area contributed by atoms with Crippen LogP contribution in [0.1, 0.15) is 19.8 Å². The maximum absolute atomic E-state index is 12.4. The van der Waals surface area contributed by atoms with Gasteiger partial charge in [0.2, 0.25) is 0 Å². The van der Waals surface area contributed by atoms with Gasteiger partial charge in [-0.3, -0.25) is 0 Å². The van der Waals surface area contributed by atoms with Gasteiger partial charge in [0.15, 0.2) is 0 Å². The van der Waals surface area contributed by atoms with Gasteiger partial charge in [-0.25, -0.2) is 0 Å². The number of allylic oxidation sites excluding steroid dienone is 4. The van der Waals surface area contributed by atoms with Crippen molar-refractivity contribution in [3.8, 4) is 6.07 Å². The third-order valence-corrected chi connectivity index (χ3v) is 2.84. The first kappa shape index (κ1) is 11.2. The maximum atomic E-state index is 12.4. The summed E-state index contributed by atoms with van der Waals surface area (Å²) in [5.41, 5.74) is -0.696. The Kier molecular flexibility index (Phi) is 3.27. The number of nitrogens with zero attached hydrogens (tertiary/aromatic N) is 1. The van der Waals surface area contributed by atoms with Crippen molar-refractivity contribution in [3.63, 3.8) is 0 Å². The highest BCUT2D eigenvalue weighted by Crippen LogP contribution is 2.40. The maximum Gasteiger partial charge on any atom is 0.414 e. The van der Waals surface area contributed by atoms with Crippen LogP contribution in [0, 0.1) is 11.3 Å². The van der Waals surface area contributed by atoms with E-state index >= 15 is 0 Å². The van der Waals surface area contributed by atoms with Gasteiger partial charge in [0, 0.05) is 0 Å². The summed E-state index contributed by atoms with van der Waals surface area (Å²) in [4.78, 5) is 0.532. The minimum Gasteiger partial charge on any atom is -0.192 e. The second-order valence-electron chi connectivity index (χ2n) is 2.87. The van der Waals surface area contributed by atoms with Crippen molar-refractivity contribution in [2.45, 2.75) is 25.9 Å². The molecule has 5 heteroatoms. The molecule has 0 unspecified atom stereocenters. The molecule has 0 aliphatic carbocycles. The fourth-order valence-electron chi connectivity index (χ4n) is 1.16. The lowest BCUT2D eigenvalue weighted by Gasteiger charge is -2.10. The first-order valence-corrected chi connectivity index (χ1v) is 4.82. The molecule has 76 valence electrons. The number of alkyl halides is 3. The molecule has 0 saturated carbocycles. The summed E-state index contributed by atoms with van der Waals surface area (Å²) in [7, 11) is 0. The van der Waals surface area contributed by atoms with Crippen LogP contribution in [-0.4, -0.2) is 6.18 Å². The second kappa shape index (κ2) is 4.09. The normalized spacial score (nSPS) is 18.6. The number of hydrogen-bond donors (Lipinski definition) is 0. The van der Waals surface area contributed by atoms with Crippen LogP contribution in [0.5, 0.6) is 0 Å². The quantitative estimate of drug-likeness (QED) is 0.619. The van der Waals surface area contributed by atoms with Crippen molar-refractivity contribution in [1.29, 1.82) is 5.26 Å². The van der Waals surface area contributed by atoms with E-state index in [4.69, 9.17) is 5.26 Å². The lowest BCUT2D eigenvalue weighted by atomic mass is 10.1. The molecule has 14 heavy (non-hydrogen) atoms. The van der Waals surface area contributed by atoms with E-state index in [0.717, 1.165) is 16.7 Å². The molecular formula is C9H8F3NS. The van der Waals surface area contributed by atoms with Crippen LogP contribution in [-0.2, 0) is 0 Å². The van der Waals surface area contributed by atoms with Gasteiger partial charge in [0.1, 0.15) is 6.07 Å². The highest BCUT2D eigenvalue weighted by Gasteiger charge is 2.36. The van der Waals surface area contributed by atoms with Crippen LogP contribution in [0.2, 0.25) is 0 Å². The zero-order chi connectivity index (χ0) is 10.8. The molecule has 0 fully saturated rings. The van der Waals surface area contributed by atoms with E-state index < -0.39 is 11.7 Å². The van der Waals surface area contributed by atoms with Crippen LogP contribution < -0.4 is 0 Å². The lowest BCUT2D eigenvalue weighted by molar-refractivity contribution is -0.0940. The number of hydrogen-bond acceptors (Lipinski definition) is 2. The number of nitriles is 1. The Bertz CT molecular complexity index is 333. The van der Waals surface area contributed by atoms with Crippen molar-refractivity contribution >= 4 is 11.8 Å². The Hall–Kier alpha value is -0.890. The zero-order valence-electron chi connectivity index (χ0n) is 7.48. The van der Waals surface area contributed by atoms with Gasteiger partial charge in [-0.15, -0.1) is 0 Å². The summed E-state index contributed by atoms with van der Waals surface area (Å²) < 4.78 is 37.3. The van der Waals surface area contributed by atoms with Crippen LogP contribution in [0.3, 0.4) is 0 Å². The van der Waals surface area contributed by atoms with Gasteiger partial charge in [0.25, 0.3) is 0 Å². The fourth-order valence-corrected chi connectivity index (χ4v) is 2.07. The molecule has 1 heterocycles. The van der Waals surface area contributed by atoms with Gasteiger partial charge in [-0.05, 0) is 24.7 Å². The summed E-state index contributed by atoms with van der Waals surface area (Å²) in [5.74, 6) is 0. The van der Waals surface area contributed by atoms with E-state index in [2.05, 4.69) is 0 Å². The molecule has 0 aromatic heterocycles. The van der Waals surface area contributed by atoms with Crippen molar-refractivity contribution in [3.05, 3.63) is 21.5 Å². The summed E-state index contributed by atoms with van der Waals surface area (Å²) >= 11 is 0.902. The van der Waals surface area contributed by atoms with Crippen molar-refractivity contribution in [1.82, 2.24) is 0 Å². The molecule has 1 aliphatic rings. The Morgan fingerprint density at radius 1 is 1.50 bits per heavy atom. The molecule has 0 amide bonds. The Morgan fingerprint density at radius 3 is 2.64 bits per heavy atom. The van der Waals surface area contributed by atoms with Gasteiger partial charge >= 0.3 is 6.18 Å². The largest absolute Gasteiger partial charge is 0.414 e. The van der Waals surface area contributed by atoms with Crippen molar-refractivity contribution in [2.24, 2.45) is 0 Å². The third-order valence-electron chi connectivity index (χ3n) is 1.81. The van der Waals surface area contributed by atoms with Crippen molar-refractivity contribution < 1.29 is 13.2 Å². The van der Waals surface area contributed by atoms with Crippen LogP contribution in [0.25, 0.3) is 0 Å². The Labute approximate surface area is 84.3 Å². The molecule has 1 nitrogen and oxygen atoms in total. The summed E-state index contributed by atoms with van der Waals surface area (Å²) in [6.45, 7) is 1.71. The Morgan fingerprint density at radius 2 is 2.14 bits per heavy atom. The smallest absolute Gasteiger partial charge is 0.192 e. The minimum absolute atomic E-state index is 0.100. The van der Waals surface area contributed by atoms with E-state index in [9.17, 15) is 13.2 Å². The zero-order valence-corrected chi connectivity index (χ0v) is 8.30. The Balaban J connectivity index is 3.08. The molecule has 0 spiro atoms. The van der Waals surface area contributed by atoms with E-state index in [1.54, 1.807) is 19.1 Å². The van der Waals surface area contributed by atoms with E-state index in [-0.39, 0.29) is 11.3 Å². The molecule has 1 aliphatic heterocycles. The fraction of sp³-hybridized carbons (Fsp3) is 0.444. The van der Waals surface area contributed by atoms with E-state index in [1.807, 2.05) is 0 Å². The summed E-state index contributed by atoms with van der Waals surface area (Å²) in [6.07, 6.45) is -2.41. The second-order valence-corrected chi connectivity index (χ2v) is 4.13. The number of rotatable bonds is 0. The first-order chi connectivity index (χ1) is 6.45. The molecule has 0 radical (unpaired) electrons. The van der Waals surface area contributed by atoms with Crippen LogP contribution >= 0.6 is 11.8 Å². The summed E-state index contributed by atoms with van der Waals surface area (Å²) in [6, 6.07) is 1.61. The third kappa shape index (κ3) is 2.55. The highest BCUT2D eigenvalue weighted by atomic mass is 32.2. The highest BCUT2D eigenvalue weighted by molar-refractivity contribution is 8.07. The number of thioether (sulfide) groups is 1.